The average molecular weight is 315 g/mol. The number of para-hydroxylation sites is 2. The van der Waals surface area contributed by atoms with Crippen molar-refractivity contribution in [3.63, 3.8) is 0 Å². The van der Waals surface area contributed by atoms with Gasteiger partial charge in [-0.15, -0.1) is 11.3 Å². The van der Waals surface area contributed by atoms with Gasteiger partial charge in [0.1, 0.15) is 5.69 Å². The first kappa shape index (κ1) is 14.7. The smallest absolute Gasteiger partial charge is 0.240 e. The number of amides is 1. The molecular weight excluding hydrogens is 298 g/mol. The van der Waals surface area contributed by atoms with Gasteiger partial charge in [0.2, 0.25) is 5.91 Å². The number of benzene rings is 1. The van der Waals surface area contributed by atoms with Gasteiger partial charge in [-0.1, -0.05) is 12.1 Å². The molecule has 2 aromatic heterocycles. The summed E-state index contributed by atoms with van der Waals surface area (Å²) >= 11 is 1.40. The second-order valence-corrected chi connectivity index (χ2v) is 6.17. The van der Waals surface area contributed by atoms with Gasteiger partial charge in [0, 0.05) is 12.4 Å². The molecule has 0 saturated carbocycles. The van der Waals surface area contributed by atoms with E-state index in [1.807, 2.05) is 60.3 Å². The summed E-state index contributed by atoms with van der Waals surface area (Å²) in [5.41, 5.74) is 2.76. The SMILES string of the molecule is CN(C)CC(=O)Nc1nc(-c2nc3ccccc3n2C)cs1. The van der Waals surface area contributed by atoms with E-state index in [1.54, 1.807) is 0 Å². The van der Waals surface area contributed by atoms with Crippen LogP contribution in [0, 0.1) is 0 Å². The molecule has 0 fully saturated rings. The van der Waals surface area contributed by atoms with Gasteiger partial charge in [-0.2, -0.15) is 0 Å². The number of carbonyl (C=O) groups is 1. The molecule has 1 aromatic carbocycles. The van der Waals surface area contributed by atoms with E-state index in [1.165, 1.54) is 11.3 Å². The minimum Gasteiger partial charge on any atom is -0.326 e. The molecule has 0 spiro atoms. The quantitative estimate of drug-likeness (QED) is 0.802. The van der Waals surface area contributed by atoms with E-state index in [9.17, 15) is 4.79 Å². The summed E-state index contributed by atoms with van der Waals surface area (Å²) in [5, 5.41) is 5.31. The lowest BCUT2D eigenvalue weighted by Crippen LogP contribution is -2.26. The van der Waals surface area contributed by atoms with Gasteiger partial charge in [0.05, 0.1) is 17.6 Å². The van der Waals surface area contributed by atoms with E-state index in [0.717, 1.165) is 22.6 Å². The zero-order chi connectivity index (χ0) is 15.7. The highest BCUT2D eigenvalue weighted by atomic mass is 32.1. The van der Waals surface area contributed by atoms with Crippen LogP contribution in [-0.2, 0) is 11.8 Å². The molecule has 0 bridgehead atoms. The van der Waals surface area contributed by atoms with Crippen LogP contribution in [0.1, 0.15) is 0 Å². The molecule has 7 heteroatoms. The molecule has 3 aromatic rings. The Morgan fingerprint density at radius 2 is 2.09 bits per heavy atom. The van der Waals surface area contributed by atoms with Gasteiger partial charge in [0.25, 0.3) is 0 Å². The van der Waals surface area contributed by atoms with E-state index < -0.39 is 0 Å². The van der Waals surface area contributed by atoms with Gasteiger partial charge >= 0.3 is 0 Å². The molecule has 0 radical (unpaired) electrons. The number of rotatable bonds is 4. The molecule has 1 N–H and O–H groups in total. The van der Waals surface area contributed by atoms with Crippen LogP contribution in [0.15, 0.2) is 29.6 Å². The number of aryl methyl sites for hydroxylation is 1. The fourth-order valence-electron chi connectivity index (χ4n) is 2.25. The number of nitrogens with one attached hydrogen (secondary N) is 1. The summed E-state index contributed by atoms with van der Waals surface area (Å²) in [4.78, 5) is 22.7. The first-order valence-corrected chi connectivity index (χ1v) is 7.74. The topological polar surface area (TPSA) is 63.1 Å². The lowest BCUT2D eigenvalue weighted by Gasteiger charge is -2.07. The highest BCUT2D eigenvalue weighted by molar-refractivity contribution is 7.14. The highest BCUT2D eigenvalue weighted by Gasteiger charge is 2.14. The standard InChI is InChI=1S/C15H17N5OS/c1-19(2)8-13(21)18-15-17-11(9-22-15)14-16-10-6-4-5-7-12(10)20(14)3/h4-7,9H,8H2,1-3H3,(H,17,18,21). The number of fused-ring (bicyclic) bond motifs is 1. The number of carbonyl (C=O) groups excluding carboxylic acids is 1. The number of hydrogen-bond acceptors (Lipinski definition) is 5. The number of nitrogens with zero attached hydrogens (tertiary/aromatic N) is 4. The second-order valence-electron chi connectivity index (χ2n) is 5.31. The largest absolute Gasteiger partial charge is 0.326 e. The third-order valence-corrected chi connectivity index (χ3v) is 3.98. The van der Waals surface area contributed by atoms with Crippen LogP contribution in [0.5, 0.6) is 0 Å². The number of thiazole rings is 1. The Labute approximate surface area is 132 Å². The number of imidazole rings is 1. The first-order valence-electron chi connectivity index (χ1n) is 6.86. The number of anilines is 1. The monoisotopic (exact) mass is 315 g/mol. The van der Waals surface area contributed by atoms with Crippen molar-refractivity contribution in [2.75, 3.05) is 26.0 Å². The normalized spacial score (nSPS) is 11.3. The van der Waals surface area contributed by atoms with Crippen molar-refractivity contribution in [2.45, 2.75) is 0 Å². The Bertz CT molecular complexity index is 820. The molecule has 114 valence electrons. The number of aromatic nitrogens is 3. The highest BCUT2D eigenvalue weighted by Crippen LogP contribution is 2.26. The summed E-state index contributed by atoms with van der Waals surface area (Å²) < 4.78 is 2.01. The van der Waals surface area contributed by atoms with E-state index in [-0.39, 0.29) is 5.91 Å². The molecule has 0 aliphatic carbocycles. The molecule has 0 aliphatic rings. The van der Waals surface area contributed by atoms with Crippen LogP contribution in [-0.4, -0.2) is 46.0 Å². The van der Waals surface area contributed by atoms with Crippen LogP contribution in [0.2, 0.25) is 0 Å². The fourth-order valence-corrected chi connectivity index (χ4v) is 2.96. The summed E-state index contributed by atoms with van der Waals surface area (Å²) in [6, 6.07) is 7.96. The Kier molecular flexibility index (Phi) is 3.91. The summed E-state index contributed by atoms with van der Waals surface area (Å²) in [6.45, 7) is 0.335. The van der Waals surface area contributed by atoms with Crippen molar-refractivity contribution in [3.8, 4) is 11.5 Å². The second kappa shape index (κ2) is 5.86. The molecular formula is C15H17N5OS. The van der Waals surface area contributed by atoms with Crippen molar-refractivity contribution in [1.29, 1.82) is 0 Å². The molecule has 6 nitrogen and oxygen atoms in total. The van der Waals surface area contributed by atoms with Crippen molar-refractivity contribution in [2.24, 2.45) is 7.05 Å². The lowest BCUT2D eigenvalue weighted by atomic mass is 10.3. The molecule has 3 rings (SSSR count). The van der Waals surface area contributed by atoms with Gasteiger partial charge in [0.15, 0.2) is 11.0 Å². The predicted octanol–water partition coefficient (Wildman–Crippen LogP) is 2.20. The minimum absolute atomic E-state index is 0.0732. The van der Waals surface area contributed by atoms with E-state index in [4.69, 9.17) is 0 Å². The molecule has 2 heterocycles. The van der Waals surface area contributed by atoms with Crippen molar-refractivity contribution in [1.82, 2.24) is 19.4 Å². The van der Waals surface area contributed by atoms with Gasteiger partial charge in [-0.3, -0.25) is 4.79 Å². The summed E-state index contributed by atoms with van der Waals surface area (Å²) in [7, 11) is 5.67. The maximum Gasteiger partial charge on any atom is 0.240 e. The van der Waals surface area contributed by atoms with Gasteiger partial charge in [-0.05, 0) is 26.2 Å². The van der Waals surface area contributed by atoms with Crippen molar-refractivity contribution < 1.29 is 4.79 Å². The van der Waals surface area contributed by atoms with E-state index in [0.29, 0.717) is 11.7 Å². The van der Waals surface area contributed by atoms with Crippen LogP contribution in [0.25, 0.3) is 22.6 Å². The third kappa shape index (κ3) is 2.86. The van der Waals surface area contributed by atoms with Crippen LogP contribution < -0.4 is 5.32 Å². The summed E-state index contributed by atoms with van der Waals surface area (Å²) in [5.74, 6) is 0.724. The van der Waals surface area contributed by atoms with Crippen molar-refractivity contribution in [3.05, 3.63) is 29.6 Å². The minimum atomic E-state index is -0.0732. The molecule has 22 heavy (non-hydrogen) atoms. The first-order chi connectivity index (χ1) is 10.5. The predicted molar refractivity (Wildman–Crippen MR) is 89.0 cm³/mol. The Morgan fingerprint density at radius 3 is 2.82 bits per heavy atom. The molecule has 0 aliphatic heterocycles. The van der Waals surface area contributed by atoms with Crippen LogP contribution >= 0.6 is 11.3 Å². The number of hydrogen-bond donors (Lipinski definition) is 1. The lowest BCUT2D eigenvalue weighted by molar-refractivity contribution is -0.116. The average Bonchev–Trinajstić information content (AvgIpc) is 3.03. The Balaban J connectivity index is 1.86. The fraction of sp³-hybridized carbons (Fsp3) is 0.267. The molecule has 0 atom stereocenters. The zero-order valence-electron chi connectivity index (χ0n) is 12.7. The van der Waals surface area contributed by atoms with E-state index in [2.05, 4.69) is 15.3 Å². The Morgan fingerprint density at radius 1 is 1.32 bits per heavy atom. The molecule has 1 amide bonds. The maximum absolute atomic E-state index is 11.8. The maximum atomic E-state index is 11.8. The van der Waals surface area contributed by atoms with Crippen LogP contribution in [0.3, 0.4) is 0 Å². The zero-order valence-corrected chi connectivity index (χ0v) is 13.5. The summed E-state index contributed by atoms with van der Waals surface area (Å²) in [6.07, 6.45) is 0. The Hall–Kier alpha value is -2.25. The van der Waals surface area contributed by atoms with Gasteiger partial charge in [-0.25, -0.2) is 9.97 Å². The number of likely N-dealkylation sites (N-methyl/N-ethyl adjacent to an activating group) is 1. The molecule has 0 saturated heterocycles. The van der Waals surface area contributed by atoms with Crippen molar-refractivity contribution >= 4 is 33.4 Å². The van der Waals surface area contributed by atoms with Gasteiger partial charge < -0.3 is 14.8 Å². The third-order valence-electron chi connectivity index (χ3n) is 3.23. The van der Waals surface area contributed by atoms with E-state index >= 15 is 0 Å². The van der Waals surface area contributed by atoms with Crippen LogP contribution in [0.4, 0.5) is 5.13 Å². The molecule has 0 unspecified atom stereocenters.